The van der Waals surface area contributed by atoms with Gasteiger partial charge in [-0.05, 0) is 81.5 Å². The Morgan fingerprint density at radius 1 is 0.937 bits per heavy atom. The topological polar surface area (TPSA) is 188 Å². The number of imide groups is 1. The lowest BCUT2D eigenvalue weighted by molar-refractivity contribution is -0.149. The van der Waals surface area contributed by atoms with E-state index in [0.717, 1.165) is 24.9 Å². The van der Waals surface area contributed by atoms with E-state index in [1.807, 2.05) is 0 Å². The Bertz CT molecular complexity index is 2410. The standard InChI is InChI=1S/C43H46F4N10O6/c44-30-16-28(17-31(45)37(30)29-7-8-35(58)52-40(29)60)54-12-10-25(19-54)43(62)55-13-14-56(36(59)21-55)26-3-5-27(6-4-26)57-20-32(38(53-57)39(46)47)50-41(61)33-22-63-42(51-33)24-9-11-48-34(15-24)49-18-23-1-2-23/h9,11,15-17,20,22-23,25-27,29,39H,1-8,10,12-14,18-19,21H2,(H,48,49)(H,50,61)(H,52,58,60). The maximum Gasteiger partial charge on any atom is 0.284 e. The minimum atomic E-state index is -2.96. The molecule has 0 spiro atoms. The van der Waals surface area contributed by atoms with E-state index in [0.29, 0.717) is 69.0 Å². The van der Waals surface area contributed by atoms with Crippen LogP contribution < -0.4 is 20.9 Å². The number of hydrogen-bond donors (Lipinski definition) is 3. The van der Waals surface area contributed by atoms with Gasteiger partial charge >= 0.3 is 0 Å². The van der Waals surface area contributed by atoms with Gasteiger partial charge in [0.15, 0.2) is 11.4 Å². The molecule has 2 unspecified atom stereocenters. The largest absolute Gasteiger partial charge is 0.444 e. The zero-order chi connectivity index (χ0) is 43.9. The average molecular weight is 875 g/mol. The number of oxazole rings is 1. The second-order valence-electron chi connectivity index (χ2n) is 17.0. The molecule has 0 bridgehead atoms. The first kappa shape index (κ1) is 42.0. The molecule has 5 fully saturated rings. The number of piperazine rings is 1. The molecule has 6 heterocycles. The molecule has 63 heavy (non-hydrogen) atoms. The molecule has 3 N–H and O–H groups in total. The van der Waals surface area contributed by atoms with E-state index >= 15 is 8.78 Å². The van der Waals surface area contributed by atoms with Crippen LogP contribution in [0.15, 0.2) is 47.3 Å². The monoisotopic (exact) mass is 874 g/mol. The zero-order valence-corrected chi connectivity index (χ0v) is 34.2. The van der Waals surface area contributed by atoms with Gasteiger partial charge in [-0.15, -0.1) is 0 Å². The normalized spacial score (nSPS) is 23.1. The van der Waals surface area contributed by atoms with Crippen molar-refractivity contribution >= 4 is 46.7 Å². The smallest absolute Gasteiger partial charge is 0.284 e. The first-order chi connectivity index (χ1) is 30.4. The molecule has 2 aliphatic carbocycles. The highest BCUT2D eigenvalue weighted by Crippen LogP contribution is 2.37. The summed E-state index contributed by atoms with van der Waals surface area (Å²) in [4.78, 5) is 77.7. The Balaban J connectivity index is 0.762. The van der Waals surface area contributed by atoms with E-state index in [-0.39, 0.29) is 78.4 Å². The number of anilines is 3. The van der Waals surface area contributed by atoms with Crippen molar-refractivity contribution in [3.05, 3.63) is 71.5 Å². The summed E-state index contributed by atoms with van der Waals surface area (Å²) in [5.74, 6) is -4.30. The van der Waals surface area contributed by atoms with Crippen LogP contribution in [-0.4, -0.2) is 104 Å². The molecule has 4 aromatic rings. The Hall–Kier alpha value is -6.34. The van der Waals surface area contributed by atoms with Gasteiger partial charge in [0.25, 0.3) is 12.3 Å². The molecule has 0 radical (unpaired) electrons. The molecule has 5 amide bonds. The van der Waals surface area contributed by atoms with Crippen LogP contribution in [0.3, 0.4) is 0 Å². The van der Waals surface area contributed by atoms with Crippen molar-refractivity contribution < 1.29 is 46.0 Å². The Labute approximate surface area is 358 Å². The lowest BCUT2D eigenvalue weighted by Gasteiger charge is -2.42. The number of benzene rings is 1. The third-order valence-corrected chi connectivity index (χ3v) is 12.8. The number of pyridine rings is 1. The lowest BCUT2D eigenvalue weighted by Crippen LogP contribution is -2.57. The lowest BCUT2D eigenvalue weighted by atomic mass is 9.89. The molecule has 9 rings (SSSR count). The highest BCUT2D eigenvalue weighted by atomic mass is 19.3. The van der Waals surface area contributed by atoms with E-state index < -0.39 is 53.3 Å². The Morgan fingerprint density at radius 3 is 2.41 bits per heavy atom. The van der Waals surface area contributed by atoms with Gasteiger partial charge < -0.3 is 29.8 Å². The number of piperidine rings is 1. The molecule has 20 heteroatoms. The number of amides is 5. The molecule has 2 atom stereocenters. The average Bonchev–Trinajstić information content (AvgIpc) is 3.59. The fourth-order valence-corrected chi connectivity index (χ4v) is 9.18. The predicted octanol–water partition coefficient (Wildman–Crippen LogP) is 5.42. The van der Waals surface area contributed by atoms with E-state index in [4.69, 9.17) is 4.42 Å². The van der Waals surface area contributed by atoms with E-state index in [9.17, 15) is 32.8 Å². The van der Waals surface area contributed by atoms with Crippen LogP contribution in [0.5, 0.6) is 0 Å². The van der Waals surface area contributed by atoms with Crippen LogP contribution >= 0.6 is 0 Å². The van der Waals surface area contributed by atoms with Crippen molar-refractivity contribution in [1.29, 1.82) is 0 Å². The number of alkyl halides is 2. The van der Waals surface area contributed by atoms with Gasteiger partial charge in [-0.25, -0.2) is 27.5 Å². The fraction of sp³-hybridized carbons (Fsp3) is 0.488. The van der Waals surface area contributed by atoms with Gasteiger partial charge in [0, 0.05) is 74.4 Å². The SMILES string of the molecule is O=C1CCC(c2c(F)cc(N3CCC(C(=O)N4CCN(C5CCC(n6cc(NC(=O)c7coc(-c8ccnc(NCC9CC9)c8)n7)c(C(F)F)n6)CC5)C(=O)C4)C3)cc2F)C(=O)N1. The van der Waals surface area contributed by atoms with Gasteiger partial charge in [0.1, 0.15) is 23.7 Å². The van der Waals surface area contributed by atoms with E-state index in [1.54, 1.807) is 28.1 Å². The summed E-state index contributed by atoms with van der Waals surface area (Å²) in [6.07, 6.45) is 6.23. The van der Waals surface area contributed by atoms with Crippen molar-refractivity contribution in [3.63, 3.8) is 0 Å². The van der Waals surface area contributed by atoms with Gasteiger partial charge in [0.05, 0.1) is 30.1 Å². The predicted molar refractivity (Wildman–Crippen MR) is 217 cm³/mol. The molecular formula is C43H46F4N10O6. The van der Waals surface area contributed by atoms with Crippen LogP contribution in [0.2, 0.25) is 0 Å². The number of aromatic nitrogens is 4. The van der Waals surface area contributed by atoms with Crippen molar-refractivity contribution in [2.24, 2.45) is 11.8 Å². The minimum Gasteiger partial charge on any atom is -0.444 e. The molecule has 5 aliphatic rings. The van der Waals surface area contributed by atoms with E-state index in [2.05, 4.69) is 31.0 Å². The van der Waals surface area contributed by atoms with Crippen molar-refractivity contribution in [2.75, 3.05) is 54.8 Å². The Morgan fingerprint density at radius 2 is 1.70 bits per heavy atom. The quantitative estimate of drug-likeness (QED) is 0.122. The number of nitrogens with zero attached hydrogens (tertiary/aromatic N) is 7. The molecule has 2 saturated carbocycles. The molecule has 3 saturated heterocycles. The van der Waals surface area contributed by atoms with Gasteiger partial charge in [-0.2, -0.15) is 5.10 Å². The first-order valence-corrected chi connectivity index (χ1v) is 21.4. The van der Waals surface area contributed by atoms with Crippen molar-refractivity contribution in [2.45, 2.75) is 82.2 Å². The summed E-state index contributed by atoms with van der Waals surface area (Å²) in [5, 5.41) is 12.1. The summed E-state index contributed by atoms with van der Waals surface area (Å²) in [7, 11) is 0. The summed E-state index contributed by atoms with van der Waals surface area (Å²) >= 11 is 0. The second-order valence-corrected chi connectivity index (χ2v) is 17.0. The maximum absolute atomic E-state index is 15.2. The third kappa shape index (κ3) is 8.97. The second kappa shape index (κ2) is 17.4. The molecule has 16 nitrogen and oxygen atoms in total. The molecule has 3 aromatic heterocycles. The first-order valence-electron chi connectivity index (χ1n) is 21.4. The van der Waals surface area contributed by atoms with Crippen LogP contribution in [-0.2, 0) is 19.2 Å². The molecule has 3 aliphatic heterocycles. The third-order valence-electron chi connectivity index (χ3n) is 12.8. The highest BCUT2D eigenvalue weighted by Gasteiger charge is 2.39. The number of carbonyl (C=O) groups excluding carboxylic acids is 5. The zero-order valence-electron chi connectivity index (χ0n) is 34.2. The number of rotatable bonds is 12. The molecular weight excluding hydrogens is 829 g/mol. The van der Waals surface area contributed by atoms with Crippen LogP contribution in [0, 0.1) is 23.5 Å². The highest BCUT2D eigenvalue weighted by molar-refractivity contribution is 6.03. The van der Waals surface area contributed by atoms with Crippen LogP contribution in [0.25, 0.3) is 11.5 Å². The van der Waals surface area contributed by atoms with Crippen LogP contribution in [0.1, 0.15) is 97.9 Å². The molecule has 332 valence electrons. The van der Waals surface area contributed by atoms with E-state index in [1.165, 1.54) is 28.6 Å². The summed E-state index contributed by atoms with van der Waals surface area (Å²) < 4.78 is 65.9. The fourth-order valence-electron chi connectivity index (χ4n) is 9.18. The number of hydrogen-bond acceptors (Lipinski definition) is 11. The number of carbonyl (C=O) groups is 5. The summed E-state index contributed by atoms with van der Waals surface area (Å²) in [5.41, 5.74) is -0.352. The maximum atomic E-state index is 15.2. The number of halogens is 4. The van der Waals surface area contributed by atoms with Gasteiger partial charge in [-0.3, -0.25) is 34.0 Å². The van der Waals surface area contributed by atoms with Crippen molar-refractivity contribution in [1.82, 2.24) is 34.9 Å². The van der Waals surface area contributed by atoms with Gasteiger partial charge in [0.2, 0.25) is 29.5 Å². The minimum absolute atomic E-state index is 0.00600. The van der Waals surface area contributed by atoms with Crippen LogP contribution in [0.4, 0.5) is 34.8 Å². The summed E-state index contributed by atoms with van der Waals surface area (Å²) in [6.45, 7) is 1.92. The summed E-state index contributed by atoms with van der Waals surface area (Å²) in [6, 6.07) is 5.39. The Kier molecular flexibility index (Phi) is 11.6. The number of nitrogens with one attached hydrogen (secondary N) is 3. The molecule has 1 aromatic carbocycles. The van der Waals surface area contributed by atoms with Crippen molar-refractivity contribution in [3.8, 4) is 11.5 Å². The van der Waals surface area contributed by atoms with Gasteiger partial charge in [-0.1, -0.05) is 0 Å².